The summed E-state index contributed by atoms with van der Waals surface area (Å²) in [5, 5.41) is 18.0. The molecular formula is C18H15ClN4O2S. The fourth-order valence-corrected chi connectivity index (χ4v) is 3.26. The summed E-state index contributed by atoms with van der Waals surface area (Å²) in [5.74, 6) is -0.593. The summed E-state index contributed by atoms with van der Waals surface area (Å²) < 4.78 is 0. The number of hydrogen-bond donors (Lipinski definition) is 2. The van der Waals surface area contributed by atoms with E-state index in [1.54, 1.807) is 48.0 Å². The predicted molar refractivity (Wildman–Crippen MR) is 104 cm³/mol. The van der Waals surface area contributed by atoms with Crippen molar-refractivity contribution in [2.75, 3.05) is 12.1 Å². The van der Waals surface area contributed by atoms with Crippen molar-refractivity contribution in [3.63, 3.8) is 0 Å². The highest BCUT2D eigenvalue weighted by Crippen LogP contribution is 2.31. The van der Waals surface area contributed by atoms with Gasteiger partial charge < -0.3 is 0 Å². The number of hydroxylamine groups is 1. The Hall–Kier alpha value is -2.74. The van der Waals surface area contributed by atoms with E-state index < -0.39 is 5.91 Å². The molecule has 3 rings (SSSR count). The standard InChI is InChI=1S/C18H15ClN4O2S/c1-23(20-10-12-6-2-3-7-13(12)17(24)22-25)18-21-16(11-26-18)14-8-4-5-9-15(14)19/h2-11,25H,1H3,(H,22,24)/b20-10+. The van der Waals surface area contributed by atoms with Crippen molar-refractivity contribution >= 4 is 40.2 Å². The van der Waals surface area contributed by atoms with E-state index in [-0.39, 0.29) is 0 Å². The first kappa shape index (κ1) is 18.1. The van der Waals surface area contributed by atoms with Crippen molar-refractivity contribution in [2.45, 2.75) is 0 Å². The molecule has 0 unspecified atom stereocenters. The van der Waals surface area contributed by atoms with Crippen molar-refractivity contribution < 1.29 is 10.0 Å². The summed E-state index contributed by atoms with van der Waals surface area (Å²) in [6.45, 7) is 0. The number of hydrazone groups is 1. The Morgan fingerprint density at radius 3 is 2.77 bits per heavy atom. The van der Waals surface area contributed by atoms with Gasteiger partial charge in [0.2, 0.25) is 5.13 Å². The third kappa shape index (κ3) is 3.91. The topological polar surface area (TPSA) is 77.8 Å². The summed E-state index contributed by atoms with van der Waals surface area (Å²) in [4.78, 5) is 16.2. The van der Waals surface area contributed by atoms with Gasteiger partial charge >= 0.3 is 0 Å². The van der Waals surface area contributed by atoms with Crippen LogP contribution in [-0.4, -0.2) is 29.4 Å². The van der Waals surface area contributed by atoms with Crippen LogP contribution in [-0.2, 0) is 0 Å². The Bertz CT molecular complexity index is 958. The summed E-state index contributed by atoms with van der Waals surface area (Å²) in [6, 6.07) is 14.3. The maximum Gasteiger partial charge on any atom is 0.275 e. The maximum absolute atomic E-state index is 11.7. The molecule has 0 fully saturated rings. The van der Waals surface area contributed by atoms with Gasteiger partial charge in [-0.05, 0) is 12.1 Å². The molecule has 0 aliphatic carbocycles. The molecule has 1 amide bonds. The van der Waals surface area contributed by atoms with Crippen LogP contribution in [0.1, 0.15) is 15.9 Å². The van der Waals surface area contributed by atoms with Crippen molar-refractivity contribution in [3.05, 3.63) is 70.1 Å². The van der Waals surface area contributed by atoms with Crippen LogP contribution in [0.5, 0.6) is 0 Å². The number of thiazole rings is 1. The molecule has 8 heteroatoms. The lowest BCUT2D eigenvalue weighted by Gasteiger charge is -2.09. The summed E-state index contributed by atoms with van der Waals surface area (Å²) in [6.07, 6.45) is 1.54. The zero-order valence-corrected chi connectivity index (χ0v) is 15.3. The van der Waals surface area contributed by atoms with Crippen LogP contribution in [0.4, 0.5) is 5.13 Å². The number of amides is 1. The Kier molecular flexibility index (Phi) is 5.62. The van der Waals surface area contributed by atoms with Gasteiger partial charge in [-0.15, -0.1) is 11.3 Å². The van der Waals surface area contributed by atoms with E-state index >= 15 is 0 Å². The van der Waals surface area contributed by atoms with Gasteiger partial charge in [0, 0.05) is 28.6 Å². The molecule has 132 valence electrons. The van der Waals surface area contributed by atoms with Crippen LogP contribution >= 0.6 is 22.9 Å². The molecular weight excluding hydrogens is 372 g/mol. The normalized spacial score (nSPS) is 10.9. The highest BCUT2D eigenvalue weighted by molar-refractivity contribution is 7.14. The van der Waals surface area contributed by atoms with Crippen LogP contribution in [0.25, 0.3) is 11.3 Å². The van der Waals surface area contributed by atoms with Gasteiger partial charge in [0.05, 0.1) is 17.5 Å². The molecule has 3 aromatic rings. The number of rotatable bonds is 5. The molecule has 0 saturated heterocycles. The second-order valence-corrected chi connectivity index (χ2v) is 6.54. The Balaban J connectivity index is 1.82. The largest absolute Gasteiger partial charge is 0.288 e. The zero-order chi connectivity index (χ0) is 18.5. The van der Waals surface area contributed by atoms with Crippen LogP contribution in [0.15, 0.2) is 59.0 Å². The fourth-order valence-electron chi connectivity index (χ4n) is 2.28. The number of hydrogen-bond acceptors (Lipinski definition) is 6. The fraction of sp³-hybridized carbons (Fsp3) is 0.0556. The van der Waals surface area contributed by atoms with Gasteiger partial charge in [-0.1, -0.05) is 48.0 Å². The first-order valence-corrected chi connectivity index (χ1v) is 8.87. The van der Waals surface area contributed by atoms with Crippen LogP contribution in [0.3, 0.4) is 0 Å². The average molecular weight is 387 g/mol. The van der Waals surface area contributed by atoms with E-state index in [4.69, 9.17) is 16.8 Å². The SMILES string of the molecule is CN(/N=C/c1ccccc1C(=O)NO)c1nc(-c2ccccc2Cl)cs1. The van der Waals surface area contributed by atoms with Gasteiger partial charge in [0.15, 0.2) is 0 Å². The first-order valence-electron chi connectivity index (χ1n) is 7.61. The summed E-state index contributed by atoms with van der Waals surface area (Å²) in [5.41, 5.74) is 4.17. The number of anilines is 1. The molecule has 0 aliphatic rings. The molecule has 0 atom stereocenters. The summed E-state index contributed by atoms with van der Waals surface area (Å²) in [7, 11) is 1.76. The average Bonchev–Trinajstić information content (AvgIpc) is 3.16. The lowest BCUT2D eigenvalue weighted by Crippen LogP contribution is -2.20. The number of carbonyl (C=O) groups excluding carboxylic acids is 1. The number of carbonyl (C=O) groups is 1. The zero-order valence-electron chi connectivity index (χ0n) is 13.8. The second kappa shape index (κ2) is 8.09. The van der Waals surface area contributed by atoms with Gasteiger partial charge in [0.25, 0.3) is 5.91 Å². The van der Waals surface area contributed by atoms with E-state index in [1.165, 1.54) is 11.3 Å². The molecule has 0 spiro atoms. The second-order valence-electron chi connectivity index (χ2n) is 5.29. The van der Waals surface area contributed by atoms with Gasteiger partial charge in [-0.2, -0.15) is 5.10 Å². The third-order valence-corrected chi connectivity index (χ3v) is 4.83. The molecule has 0 radical (unpaired) electrons. The molecule has 0 aliphatic heterocycles. The Morgan fingerprint density at radius 2 is 2.00 bits per heavy atom. The quantitative estimate of drug-likeness (QED) is 0.394. The van der Waals surface area contributed by atoms with E-state index in [9.17, 15) is 4.79 Å². The van der Waals surface area contributed by atoms with E-state index in [2.05, 4.69) is 10.1 Å². The molecule has 0 saturated carbocycles. The highest BCUT2D eigenvalue weighted by atomic mass is 35.5. The maximum atomic E-state index is 11.7. The summed E-state index contributed by atoms with van der Waals surface area (Å²) >= 11 is 7.65. The molecule has 0 bridgehead atoms. The van der Waals surface area contributed by atoms with Crippen LogP contribution < -0.4 is 10.5 Å². The third-order valence-electron chi connectivity index (χ3n) is 3.60. The number of nitrogens with zero attached hydrogens (tertiary/aromatic N) is 3. The minimum Gasteiger partial charge on any atom is -0.288 e. The predicted octanol–water partition coefficient (Wildman–Crippen LogP) is 4.05. The van der Waals surface area contributed by atoms with Crippen molar-refractivity contribution in [1.82, 2.24) is 10.5 Å². The van der Waals surface area contributed by atoms with Crippen molar-refractivity contribution in [3.8, 4) is 11.3 Å². The van der Waals surface area contributed by atoms with E-state index in [1.807, 2.05) is 29.6 Å². The van der Waals surface area contributed by atoms with Crippen molar-refractivity contribution in [1.29, 1.82) is 0 Å². The van der Waals surface area contributed by atoms with E-state index in [0.29, 0.717) is 21.3 Å². The lowest BCUT2D eigenvalue weighted by atomic mass is 10.1. The molecule has 26 heavy (non-hydrogen) atoms. The molecule has 1 aromatic heterocycles. The number of halogens is 1. The molecule has 2 aromatic carbocycles. The van der Waals surface area contributed by atoms with Crippen LogP contribution in [0.2, 0.25) is 5.02 Å². The monoisotopic (exact) mass is 386 g/mol. The first-order chi connectivity index (χ1) is 12.6. The number of aromatic nitrogens is 1. The molecule has 2 N–H and O–H groups in total. The minimum atomic E-state index is -0.593. The van der Waals surface area contributed by atoms with Crippen LogP contribution in [0, 0.1) is 0 Å². The smallest absolute Gasteiger partial charge is 0.275 e. The Morgan fingerprint density at radius 1 is 1.27 bits per heavy atom. The lowest BCUT2D eigenvalue weighted by molar-refractivity contribution is 0.0706. The highest BCUT2D eigenvalue weighted by Gasteiger charge is 2.11. The number of benzene rings is 2. The minimum absolute atomic E-state index is 0.322. The number of nitrogens with one attached hydrogen (secondary N) is 1. The van der Waals surface area contributed by atoms with Crippen molar-refractivity contribution in [2.24, 2.45) is 5.10 Å². The van der Waals surface area contributed by atoms with Gasteiger partial charge in [-0.25, -0.2) is 15.5 Å². The molecule has 6 nitrogen and oxygen atoms in total. The van der Waals surface area contributed by atoms with E-state index in [0.717, 1.165) is 11.3 Å². The van der Waals surface area contributed by atoms with Gasteiger partial charge in [-0.3, -0.25) is 10.0 Å². The Labute approximate surface area is 159 Å². The van der Waals surface area contributed by atoms with Gasteiger partial charge in [0.1, 0.15) is 0 Å². The molecule has 1 heterocycles.